The third-order valence-corrected chi connectivity index (χ3v) is 3.13. The van der Waals surface area contributed by atoms with Crippen LogP contribution in [0.4, 0.5) is 11.8 Å². The Morgan fingerprint density at radius 1 is 1.19 bits per heavy atom. The molecule has 16 heavy (non-hydrogen) atoms. The number of aromatic nitrogens is 2. The second-order valence-electron chi connectivity index (χ2n) is 4.53. The van der Waals surface area contributed by atoms with Crippen LogP contribution in [0.25, 0.3) is 0 Å². The van der Waals surface area contributed by atoms with Crippen molar-refractivity contribution in [3.63, 3.8) is 0 Å². The van der Waals surface area contributed by atoms with Gasteiger partial charge in [-0.25, -0.2) is 4.98 Å². The predicted octanol–water partition coefficient (Wildman–Crippen LogP) is 0.321. The van der Waals surface area contributed by atoms with Gasteiger partial charge in [-0.05, 0) is 25.8 Å². The summed E-state index contributed by atoms with van der Waals surface area (Å²) in [5, 5.41) is 6.65. The Hall–Kier alpha value is -1.36. The molecule has 2 aliphatic rings. The average Bonchev–Trinajstić information content (AvgIpc) is 3.04. The summed E-state index contributed by atoms with van der Waals surface area (Å²) in [7, 11) is 0. The van der Waals surface area contributed by atoms with Crippen LogP contribution in [0.3, 0.4) is 0 Å². The molecule has 1 aromatic rings. The summed E-state index contributed by atoms with van der Waals surface area (Å²) in [6.45, 7) is 1.95. The van der Waals surface area contributed by atoms with Crippen LogP contribution in [0.15, 0.2) is 0 Å². The molecular weight excluding hydrogens is 202 g/mol. The normalized spacial score (nSPS) is 20.0. The van der Waals surface area contributed by atoms with Gasteiger partial charge in [-0.1, -0.05) is 0 Å². The lowest BCUT2D eigenvalue weighted by atomic mass is 10.1. The van der Waals surface area contributed by atoms with Gasteiger partial charge < -0.3 is 16.4 Å². The van der Waals surface area contributed by atoms with E-state index in [0.29, 0.717) is 17.8 Å². The molecule has 0 radical (unpaired) electrons. The summed E-state index contributed by atoms with van der Waals surface area (Å²) < 4.78 is 0. The zero-order chi connectivity index (χ0) is 11.0. The number of rotatable bonds is 2. The number of hydrogen-bond acceptors (Lipinski definition) is 5. The Bertz CT molecular complexity index is 400. The maximum absolute atomic E-state index is 5.99. The zero-order valence-electron chi connectivity index (χ0n) is 9.29. The quantitative estimate of drug-likeness (QED) is 0.668. The first-order valence-corrected chi connectivity index (χ1v) is 5.95. The van der Waals surface area contributed by atoms with Crippen LogP contribution in [0.5, 0.6) is 0 Å². The highest BCUT2D eigenvalue weighted by Gasteiger charge is 2.23. The highest BCUT2D eigenvalue weighted by atomic mass is 15.2. The molecule has 0 amide bonds. The number of nitrogens with zero attached hydrogens (tertiary/aromatic N) is 2. The van der Waals surface area contributed by atoms with Crippen LogP contribution in [0, 0.1) is 0 Å². The molecule has 5 heteroatoms. The molecule has 86 valence electrons. The van der Waals surface area contributed by atoms with Crippen LogP contribution in [-0.2, 0) is 12.8 Å². The number of nitrogens with one attached hydrogen (secondary N) is 2. The van der Waals surface area contributed by atoms with Crippen molar-refractivity contribution in [1.29, 1.82) is 0 Å². The first-order valence-electron chi connectivity index (χ1n) is 5.95. The van der Waals surface area contributed by atoms with Crippen molar-refractivity contribution in [3.05, 3.63) is 11.3 Å². The molecule has 0 saturated heterocycles. The first-order chi connectivity index (χ1) is 7.83. The largest absolute Gasteiger partial charge is 0.383 e. The van der Waals surface area contributed by atoms with E-state index in [-0.39, 0.29) is 0 Å². The summed E-state index contributed by atoms with van der Waals surface area (Å²) in [6.07, 6.45) is 4.33. The summed E-state index contributed by atoms with van der Waals surface area (Å²) in [6, 6.07) is 0.571. The molecule has 0 atom stereocenters. The van der Waals surface area contributed by atoms with E-state index in [1.165, 1.54) is 12.8 Å². The zero-order valence-corrected chi connectivity index (χ0v) is 9.29. The minimum Gasteiger partial charge on any atom is -0.383 e. The summed E-state index contributed by atoms with van der Waals surface area (Å²) in [5.41, 5.74) is 8.23. The van der Waals surface area contributed by atoms with Crippen LogP contribution in [-0.4, -0.2) is 29.1 Å². The topological polar surface area (TPSA) is 75.9 Å². The van der Waals surface area contributed by atoms with Gasteiger partial charge in [0, 0.05) is 24.6 Å². The summed E-state index contributed by atoms with van der Waals surface area (Å²) in [5.74, 6) is 1.36. The van der Waals surface area contributed by atoms with Gasteiger partial charge in [0.1, 0.15) is 5.82 Å². The van der Waals surface area contributed by atoms with Gasteiger partial charge in [-0.3, -0.25) is 0 Å². The van der Waals surface area contributed by atoms with E-state index in [0.717, 1.165) is 37.2 Å². The fourth-order valence-electron chi connectivity index (χ4n) is 2.05. The molecule has 2 heterocycles. The lowest BCUT2D eigenvalue weighted by molar-refractivity contribution is 0.708. The number of anilines is 2. The van der Waals surface area contributed by atoms with Gasteiger partial charge in [-0.2, -0.15) is 4.98 Å². The fourth-order valence-corrected chi connectivity index (χ4v) is 2.05. The number of nitrogen functional groups attached to an aromatic ring is 1. The van der Waals surface area contributed by atoms with Crippen molar-refractivity contribution < 1.29 is 0 Å². The fraction of sp³-hybridized carbons (Fsp3) is 0.636. The Morgan fingerprint density at radius 3 is 2.81 bits per heavy atom. The summed E-state index contributed by atoms with van der Waals surface area (Å²) in [4.78, 5) is 8.91. The van der Waals surface area contributed by atoms with E-state index < -0.39 is 0 Å². The maximum Gasteiger partial charge on any atom is 0.225 e. The number of hydrogen-bond donors (Lipinski definition) is 3. The second-order valence-corrected chi connectivity index (χ2v) is 4.53. The van der Waals surface area contributed by atoms with Crippen molar-refractivity contribution in [2.45, 2.75) is 31.7 Å². The number of nitrogens with two attached hydrogens (primary N) is 1. The minimum atomic E-state index is 0.571. The van der Waals surface area contributed by atoms with Crippen molar-refractivity contribution in [2.24, 2.45) is 0 Å². The Kier molecular flexibility index (Phi) is 2.40. The smallest absolute Gasteiger partial charge is 0.225 e. The van der Waals surface area contributed by atoms with E-state index in [2.05, 4.69) is 20.6 Å². The first kappa shape index (κ1) is 9.84. The highest BCUT2D eigenvalue weighted by Crippen LogP contribution is 2.25. The molecule has 0 bridgehead atoms. The Balaban J connectivity index is 1.91. The van der Waals surface area contributed by atoms with Crippen LogP contribution < -0.4 is 16.4 Å². The van der Waals surface area contributed by atoms with Gasteiger partial charge in [0.05, 0.1) is 5.69 Å². The third-order valence-electron chi connectivity index (χ3n) is 3.13. The Labute approximate surface area is 94.9 Å². The molecule has 0 unspecified atom stereocenters. The van der Waals surface area contributed by atoms with Crippen molar-refractivity contribution >= 4 is 11.8 Å². The molecule has 1 saturated carbocycles. The van der Waals surface area contributed by atoms with Crippen LogP contribution in [0.2, 0.25) is 0 Å². The summed E-state index contributed by atoms with van der Waals surface area (Å²) >= 11 is 0. The third kappa shape index (κ3) is 1.95. The van der Waals surface area contributed by atoms with Crippen molar-refractivity contribution in [2.75, 3.05) is 24.1 Å². The van der Waals surface area contributed by atoms with E-state index in [1.807, 2.05) is 0 Å². The number of fused-ring (bicyclic) bond motifs is 1. The maximum atomic E-state index is 5.99. The predicted molar refractivity (Wildman–Crippen MR) is 63.4 cm³/mol. The van der Waals surface area contributed by atoms with Gasteiger partial charge >= 0.3 is 0 Å². The van der Waals surface area contributed by atoms with E-state index in [9.17, 15) is 0 Å². The highest BCUT2D eigenvalue weighted by molar-refractivity contribution is 5.48. The molecule has 4 N–H and O–H groups in total. The van der Waals surface area contributed by atoms with Crippen LogP contribution >= 0.6 is 0 Å². The van der Waals surface area contributed by atoms with Crippen molar-refractivity contribution in [1.82, 2.24) is 15.3 Å². The molecular formula is C11H17N5. The second kappa shape index (κ2) is 3.90. The standard InChI is InChI=1S/C11H17N5/c12-10-8-3-5-13-6-4-9(8)15-11(16-10)14-7-1-2-7/h7,13H,1-6H2,(H3,12,14,15,16). The molecule has 1 aromatic heterocycles. The monoisotopic (exact) mass is 219 g/mol. The van der Waals surface area contributed by atoms with Gasteiger partial charge in [0.2, 0.25) is 5.95 Å². The van der Waals surface area contributed by atoms with Gasteiger partial charge in [0.15, 0.2) is 0 Å². The van der Waals surface area contributed by atoms with Gasteiger partial charge in [0.25, 0.3) is 0 Å². The molecule has 5 nitrogen and oxygen atoms in total. The van der Waals surface area contributed by atoms with Crippen molar-refractivity contribution in [3.8, 4) is 0 Å². The van der Waals surface area contributed by atoms with E-state index >= 15 is 0 Å². The molecule has 0 spiro atoms. The molecule has 1 aliphatic carbocycles. The Morgan fingerprint density at radius 2 is 2.00 bits per heavy atom. The lowest BCUT2D eigenvalue weighted by Gasteiger charge is -2.10. The van der Waals surface area contributed by atoms with E-state index in [1.54, 1.807) is 0 Å². The van der Waals surface area contributed by atoms with Gasteiger partial charge in [-0.15, -0.1) is 0 Å². The molecule has 1 fully saturated rings. The molecule has 3 rings (SSSR count). The van der Waals surface area contributed by atoms with E-state index in [4.69, 9.17) is 5.73 Å². The molecule has 0 aromatic carbocycles. The SMILES string of the molecule is Nc1nc(NC2CC2)nc2c1CCNCC2. The minimum absolute atomic E-state index is 0.571. The average molecular weight is 219 g/mol. The molecule has 1 aliphatic heterocycles. The lowest BCUT2D eigenvalue weighted by Crippen LogP contribution is -2.16. The van der Waals surface area contributed by atoms with Crippen LogP contribution in [0.1, 0.15) is 24.1 Å².